The lowest BCUT2D eigenvalue weighted by Crippen LogP contribution is -2.44. The fourth-order valence-corrected chi connectivity index (χ4v) is 2.46. The first-order valence-corrected chi connectivity index (χ1v) is 6.69. The van der Waals surface area contributed by atoms with Crippen molar-refractivity contribution in [1.82, 2.24) is 4.90 Å². The van der Waals surface area contributed by atoms with E-state index in [9.17, 15) is 0 Å². The Kier molecular flexibility index (Phi) is 6.30. The Morgan fingerprint density at radius 3 is 2.65 bits per heavy atom. The molecule has 0 radical (unpaired) electrons. The molecule has 0 aliphatic rings. The summed E-state index contributed by atoms with van der Waals surface area (Å²) in [6, 6.07) is 4.42. The van der Waals surface area contributed by atoms with Gasteiger partial charge in [-0.05, 0) is 31.0 Å². The van der Waals surface area contributed by atoms with Gasteiger partial charge in [0.1, 0.15) is 5.76 Å². The highest BCUT2D eigenvalue weighted by atomic mass is 16.3. The van der Waals surface area contributed by atoms with Gasteiger partial charge in [-0.15, -0.1) is 0 Å². The molecule has 98 valence electrons. The maximum Gasteiger partial charge on any atom is 0.117 e. The Bertz CT molecular complexity index is 284. The SMILES string of the molecule is CCCC(C)C(CN)N(CC)Cc1ccco1. The summed E-state index contributed by atoms with van der Waals surface area (Å²) in [5.41, 5.74) is 5.94. The summed E-state index contributed by atoms with van der Waals surface area (Å²) in [7, 11) is 0. The zero-order chi connectivity index (χ0) is 12.7. The molecule has 0 bridgehead atoms. The number of hydrogen-bond acceptors (Lipinski definition) is 3. The van der Waals surface area contributed by atoms with Crippen molar-refractivity contribution in [3.8, 4) is 0 Å². The molecule has 0 amide bonds. The predicted molar refractivity (Wildman–Crippen MR) is 71.7 cm³/mol. The fraction of sp³-hybridized carbons (Fsp3) is 0.714. The highest BCUT2D eigenvalue weighted by Crippen LogP contribution is 2.18. The maximum absolute atomic E-state index is 5.94. The average Bonchev–Trinajstić information content (AvgIpc) is 2.81. The standard InChI is InChI=1S/C14H26N2O/c1-4-7-12(3)14(10-15)16(5-2)11-13-8-6-9-17-13/h6,8-9,12,14H,4-5,7,10-11,15H2,1-3H3. The molecular weight excluding hydrogens is 212 g/mol. The van der Waals surface area contributed by atoms with Crippen molar-refractivity contribution in [2.75, 3.05) is 13.1 Å². The molecule has 3 heteroatoms. The van der Waals surface area contributed by atoms with Gasteiger partial charge < -0.3 is 10.2 Å². The molecule has 0 saturated carbocycles. The molecule has 2 unspecified atom stereocenters. The van der Waals surface area contributed by atoms with Gasteiger partial charge >= 0.3 is 0 Å². The van der Waals surface area contributed by atoms with Crippen molar-refractivity contribution < 1.29 is 4.42 Å². The lowest BCUT2D eigenvalue weighted by molar-refractivity contribution is 0.137. The van der Waals surface area contributed by atoms with E-state index < -0.39 is 0 Å². The van der Waals surface area contributed by atoms with Crippen LogP contribution >= 0.6 is 0 Å². The van der Waals surface area contributed by atoms with Crippen molar-refractivity contribution in [2.45, 2.75) is 46.2 Å². The third-order valence-electron chi connectivity index (χ3n) is 3.46. The van der Waals surface area contributed by atoms with E-state index in [4.69, 9.17) is 10.2 Å². The minimum absolute atomic E-state index is 0.449. The lowest BCUT2D eigenvalue weighted by Gasteiger charge is -2.33. The Hall–Kier alpha value is -0.800. The Morgan fingerprint density at radius 2 is 2.18 bits per heavy atom. The first-order valence-electron chi connectivity index (χ1n) is 6.69. The largest absolute Gasteiger partial charge is 0.468 e. The van der Waals surface area contributed by atoms with E-state index in [1.165, 1.54) is 12.8 Å². The van der Waals surface area contributed by atoms with Crippen LogP contribution in [0, 0.1) is 5.92 Å². The molecular formula is C14H26N2O. The molecule has 1 aromatic heterocycles. The third kappa shape index (κ3) is 4.17. The van der Waals surface area contributed by atoms with Crippen LogP contribution in [0.1, 0.15) is 39.4 Å². The smallest absolute Gasteiger partial charge is 0.117 e. The zero-order valence-electron chi connectivity index (χ0n) is 11.4. The lowest BCUT2D eigenvalue weighted by atomic mass is 9.95. The fourth-order valence-electron chi connectivity index (χ4n) is 2.46. The number of hydrogen-bond donors (Lipinski definition) is 1. The molecule has 0 aliphatic carbocycles. The van der Waals surface area contributed by atoms with Gasteiger partial charge in [-0.25, -0.2) is 0 Å². The summed E-state index contributed by atoms with van der Waals surface area (Å²) in [6.45, 7) is 9.30. The molecule has 2 N–H and O–H groups in total. The zero-order valence-corrected chi connectivity index (χ0v) is 11.4. The van der Waals surface area contributed by atoms with Crippen LogP contribution in [0.5, 0.6) is 0 Å². The second-order valence-electron chi connectivity index (χ2n) is 4.71. The van der Waals surface area contributed by atoms with E-state index in [1.54, 1.807) is 6.26 Å². The molecule has 0 aromatic carbocycles. The molecule has 1 heterocycles. The van der Waals surface area contributed by atoms with Crippen molar-refractivity contribution in [3.63, 3.8) is 0 Å². The van der Waals surface area contributed by atoms with Gasteiger partial charge in [0, 0.05) is 12.6 Å². The number of nitrogens with zero attached hydrogens (tertiary/aromatic N) is 1. The number of furan rings is 1. The molecule has 1 aromatic rings. The Labute approximate surface area is 105 Å². The van der Waals surface area contributed by atoms with Crippen molar-refractivity contribution >= 4 is 0 Å². The van der Waals surface area contributed by atoms with Crippen LogP contribution in [-0.2, 0) is 6.54 Å². The first-order chi connectivity index (χ1) is 8.22. The summed E-state index contributed by atoms with van der Waals surface area (Å²) < 4.78 is 5.42. The van der Waals surface area contributed by atoms with Crippen LogP contribution in [0.3, 0.4) is 0 Å². The number of likely N-dealkylation sites (N-methyl/N-ethyl adjacent to an activating group) is 1. The molecule has 2 atom stereocenters. The second kappa shape index (κ2) is 7.51. The molecule has 1 rings (SSSR count). The van der Waals surface area contributed by atoms with Gasteiger partial charge in [-0.1, -0.05) is 27.2 Å². The summed E-state index contributed by atoms with van der Waals surface area (Å²) in [4.78, 5) is 2.42. The van der Waals surface area contributed by atoms with Gasteiger partial charge in [-0.3, -0.25) is 4.90 Å². The molecule has 0 fully saturated rings. The summed E-state index contributed by atoms with van der Waals surface area (Å²) >= 11 is 0. The quantitative estimate of drug-likeness (QED) is 0.757. The third-order valence-corrected chi connectivity index (χ3v) is 3.46. The summed E-state index contributed by atoms with van der Waals surface area (Å²) in [5, 5.41) is 0. The van der Waals surface area contributed by atoms with Crippen LogP contribution in [0.25, 0.3) is 0 Å². The van der Waals surface area contributed by atoms with E-state index in [0.29, 0.717) is 12.0 Å². The van der Waals surface area contributed by atoms with E-state index in [2.05, 4.69) is 25.7 Å². The van der Waals surface area contributed by atoms with Crippen LogP contribution < -0.4 is 5.73 Å². The van der Waals surface area contributed by atoms with Crippen LogP contribution in [0.4, 0.5) is 0 Å². The second-order valence-corrected chi connectivity index (χ2v) is 4.71. The monoisotopic (exact) mass is 238 g/mol. The molecule has 17 heavy (non-hydrogen) atoms. The topological polar surface area (TPSA) is 42.4 Å². The number of nitrogens with two attached hydrogens (primary N) is 1. The van der Waals surface area contributed by atoms with E-state index >= 15 is 0 Å². The summed E-state index contributed by atoms with van der Waals surface area (Å²) in [6.07, 6.45) is 4.18. The normalized spacial score (nSPS) is 15.1. The maximum atomic E-state index is 5.94. The highest BCUT2D eigenvalue weighted by Gasteiger charge is 2.22. The van der Waals surface area contributed by atoms with Gasteiger partial charge in [0.25, 0.3) is 0 Å². The molecule has 0 spiro atoms. The number of rotatable bonds is 8. The van der Waals surface area contributed by atoms with Gasteiger partial charge in [0.05, 0.1) is 12.8 Å². The van der Waals surface area contributed by atoms with Crippen molar-refractivity contribution in [1.29, 1.82) is 0 Å². The summed E-state index contributed by atoms with van der Waals surface area (Å²) in [5.74, 6) is 1.66. The van der Waals surface area contributed by atoms with Crippen molar-refractivity contribution in [3.05, 3.63) is 24.2 Å². The predicted octanol–water partition coefficient (Wildman–Crippen LogP) is 2.87. The first kappa shape index (κ1) is 14.3. The van der Waals surface area contributed by atoms with Gasteiger partial charge in [-0.2, -0.15) is 0 Å². The van der Waals surface area contributed by atoms with Crippen LogP contribution in [-0.4, -0.2) is 24.0 Å². The van der Waals surface area contributed by atoms with E-state index in [0.717, 1.165) is 25.4 Å². The minimum atomic E-state index is 0.449. The van der Waals surface area contributed by atoms with E-state index in [1.807, 2.05) is 12.1 Å². The van der Waals surface area contributed by atoms with Crippen molar-refractivity contribution in [2.24, 2.45) is 11.7 Å². The van der Waals surface area contributed by atoms with Crippen LogP contribution in [0.2, 0.25) is 0 Å². The highest BCUT2D eigenvalue weighted by molar-refractivity contribution is 4.98. The van der Waals surface area contributed by atoms with Gasteiger partial charge in [0.2, 0.25) is 0 Å². The minimum Gasteiger partial charge on any atom is -0.468 e. The Morgan fingerprint density at radius 1 is 1.41 bits per heavy atom. The molecule has 0 aliphatic heterocycles. The molecule has 3 nitrogen and oxygen atoms in total. The van der Waals surface area contributed by atoms with Crippen LogP contribution in [0.15, 0.2) is 22.8 Å². The van der Waals surface area contributed by atoms with E-state index in [-0.39, 0.29) is 0 Å². The average molecular weight is 238 g/mol. The molecule has 0 saturated heterocycles. The Balaban J connectivity index is 2.62. The van der Waals surface area contributed by atoms with Gasteiger partial charge in [0.15, 0.2) is 0 Å².